The Hall–Kier alpha value is -2.17. The summed E-state index contributed by atoms with van der Waals surface area (Å²) in [5.74, 6) is -1.65. The molecule has 0 aliphatic carbocycles. The van der Waals surface area contributed by atoms with Gasteiger partial charge in [-0.1, -0.05) is 69.6 Å². The maximum Gasteiger partial charge on any atom is 0.313 e. The van der Waals surface area contributed by atoms with Crippen LogP contribution in [0.15, 0.2) is 36.5 Å². The summed E-state index contributed by atoms with van der Waals surface area (Å²) in [5.41, 5.74) is 0. The van der Waals surface area contributed by atoms with E-state index >= 15 is 0 Å². The highest BCUT2D eigenvalue weighted by atomic mass is 16.6. The standard InChI is InChI=1S/C18H30O2.C6H10O3/c1-2-3-4-5-6-7-8-9-10-11-12-13-14-15-16-17-18(19)20;1-3-4-6(8)9-5(2)7/h3-4,6-7,9-10H,2,5,8,11-17H2,1H3,(H,19,20);3-4H2,1-2H3/b4-3-,7-6-,10-9-;. The summed E-state index contributed by atoms with van der Waals surface area (Å²) in [5, 5.41) is 8.50. The van der Waals surface area contributed by atoms with E-state index in [0.717, 1.165) is 44.9 Å². The van der Waals surface area contributed by atoms with Gasteiger partial charge in [0.1, 0.15) is 0 Å². The van der Waals surface area contributed by atoms with Crippen LogP contribution in [0.4, 0.5) is 0 Å². The first-order valence-electron chi connectivity index (χ1n) is 10.8. The van der Waals surface area contributed by atoms with Crippen molar-refractivity contribution in [2.24, 2.45) is 0 Å². The van der Waals surface area contributed by atoms with Crippen LogP contribution in [0.25, 0.3) is 0 Å². The highest BCUT2D eigenvalue weighted by molar-refractivity contribution is 5.83. The van der Waals surface area contributed by atoms with Crippen molar-refractivity contribution in [2.75, 3.05) is 0 Å². The molecule has 0 saturated carbocycles. The fourth-order valence-corrected chi connectivity index (χ4v) is 2.31. The van der Waals surface area contributed by atoms with Crippen LogP contribution in [-0.2, 0) is 19.1 Å². The van der Waals surface area contributed by atoms with Gasteiger partial charge >= 0.3 is 17.9 Å². The molecule has 0 bridgehead atoms. The largest absolute Gasteiger partial charge is 0.481 e. The number of carboxylic acid groups (broad SMARTS) is 1. The van der Waals surface area contributed by atoms with Gasteiger partial charge in [0.25, 0.3) is 0 Å². The lowest BCUT2D eigenvalue weighted by Crippen LogP contribution is -2.07. The quantitative estimate of drug-likeness (QED) is 0.144. The molecule has 0 fully saturated rings. The van der Waals surface area contributed by atoms with Gasteiger partial charge in [0.2, 0.25) is 0 Å². The zero-order valence-electron chi connectivity index (χ0n) is 18.5. The van der Waals surface area contributed by atoms with Crippen LogP contribution in [0.3, 0.4) is 0 Å². The van der Waals surface area contributed by atoms with Gasteiger partial charge in [-0.25, -0.2) is 0 Å². The third-order valence-corrected chi connectivity index (χ3v) is 3.75. The third-order valence-electron chi connectivity index (χ3n) is 3.75. The molecule has 0 aromatic rings. The van der Waals surface area contributed by atoms with E-state index in [-0.39, 0.29) is 0 Å². The number of carbonyl (C=O) groups is 3. The normalized spacial score (nSPS) is 11.0. The molecule has 0 unspecified atom stereocenters. The Kier molecular flexibility index (Phi) is 23.9. The highest BCUT2D eigenvalue weighted by Crippen LogP contribution is 2.07. The first-order chi connectivity index (χ1) is 13.9. The summed E-state index contributed by atoms with van der Waals surface area (Å²) in [6, 6.07) is 0. The molecule has 0 aliphatic heterocycles. The summed E-state index contributed by atoms with van der Waals surface area (Å²) in [4.78, 5) is 30.8. The van der Waals surface area contributed by atoms with E-state index in [1.807, 2.05) is 6.92 Å². The van der Waals surface area contributed by atoms with Crippen molar-refractivity contribution in [1.82, 2.24) is 0 Å². The molecule has 0 heterocycles. The van der Waals surface area contributed by atoms with Gasteiger partial charge in [0.05, 0.1) is 0 Å². The van der Waals surface area contributed by atoms with Crippen molar-refractivity contribution in [3.8, 4) is 0 Å². The molecule has 5 nitrogen and oxygen atoms in total. The molecule has 0 radical (unpaired) electrons. The second kappa shape index (κ2) is 23.9. The Morgan fingerprint density at radius 3 is 1.86 bits per heavy atom. The lowest BCUT2D eigenvalue weighted by atomic mass is 10.1. The predicted octanol–water partition coefficient (Wildman–Crippen LogP) is 6.54. The second-order valence-corrected chi connectivity index (χ2v) is 6.71. The Labute approximate surface area is 176 Å². The third kappa shape index (κ3) is 30.8. The number of aliphatic carboxylic acids is 1. The van der Waals surface area contributed by atoms with Gasteiger partial charge < -0.3 is 9.84 Å². The van der Waals surface area contributed by atoms with Gasteiger partial charge in [0, 0.05) is 19.8 Å². The van der Waals surface area contributed by atoms with Crippen molar-refractivity contribution in [2.45, 2.75) is 97.8 Å². The number of carboxylic acids is 1. The summed E-state index contributed by atoms with van der Waals surface area (Å²) in [6.07, 6.45) is 24.4. The Morgan fingerprint density at radius 2 is 1.31 bits per heavy atom. The fraction of sp³-hybridized carbons (Fsp3) is 0.625. The molecular weight excluding hydrogens is 368 g/mol. The molecule has 0 saturated heterocycles. The highest BCUT2D eigenvalue weighted by Gasteiger charge is 2.02. The lowest BCUT2D eigenvalue weighted by molar-refractivity contribution is -0.158. The van der Waals surface area contributed by atoms with Crippen molar-refractivity contribution < 1.29 is 24.2 Å². The second-order valence-electron chi connectivity index (χ2n) is 6.71. The van der Waals surface area contributed by atoms with Crippen LogP contribution in [0.1, 0.15) is 97.8 Å². The van der Waals surface area contributed by atoms with Crippen molar-refractivity contribution >= 4 is 17.9 Å². The van der Waals surface area contributed by atoms with E-state index < -0.39 is 17.9 Å². The van der Waals surface area contributed by atoms with Gasteiger partial charge in [-0.2, -0.15) is 0 Å². The summed E-state index contributed by atoms with van der Waals surface area (Å²) in [7, 11) is 0. The van der Waals surface area contributed by atoms with Crippen molar-refractivity contribution in [1.29, 1.82) is 0 Å². The molecule has 0 aromatic carbocycles. The van der Waals surface area contributed by atoms with E-state index in [4.69, 9.17) is 5.11 Å². The zero-order chi connectivity index (χ0) is 22.2. The molecule has 0 spiro atoms. The van der Waals surface area contributed by atoms with Gasteiger partial charge in [-0.05, 0) is 44.9 Å². The Balaban J connectivity index is 0. The van der Waals surface area contributed by atoms with Crippen LogP contribution in [-0.4, -0.2) is 23.0 Å². The maximum absolute atomic E-state index is 10.4. The number of rotatable bonds is 15. The number of ether oxygens (including phenoxy) is 1. The van der Waals surface area contributed by atoms with Crippen LogP contribution in [0.5, 0.6) is 0 Å². The lowest BCUT2D eigenvalue weighted by Gasteiger charge is -1.98. The Morgan fingerprint density at radius 1 is 0.759 bits per heavy atom. The number of hydrogen-bond donors (Lipinski definition) is 1. The zero-order valence-corrected chi connectivity index (χ0v) is 18.5. The minimum Gasteiger partial charge on any atom is -0.481 e. The SMILES string of the molecule is CC/C=C\C/C=C\C/C=C\CCCCCCCC(=O)O.CCCC(=O)OC(C)=O. The van der Waals surface area contributed by atoms with Crippen LogP contribution >= 0.6 is 0 Å². The van der Waals surface area contributed by atoms with Gasteiger partial charge in [-0.3, -0.25) is 14.4 Å². The first kappa shape index (κ1) is 29.0. The predicted molar refractivity (Wildman–Crippen MR) is 119 cm³/mol. The molecule has 0 aromatic heterocycles. The maximum atomic E-state index is 10.4. The number of hydrogen-bond acceptors (Lipinski definition) is 4. The van der Waals surface area contributed by atoms with Crippen LogP contribution in [0.2, 0.25) is 0 Å². The topological polar surface area (TPSA) is 80.7 Å². The fourth-order valence-electron chi connectivity index (χ4n) is 2.31. The molecule has 0 atom stereocenters. The summed E-state index contributed by atoms with van der Waals surface area (Å²) < 4.78 is 4.21. The van der Waals surface area contributed by atoms with E-state index in [1.54, 1.807) is 0 Å². The average Bonchev–Trinajstić information content (AvgIpc) is 2.65. The van der Waals surface area contributed by atoms with E-state index in [0.29, 0.717) is 19.3 Å². The van der Waals surface area contributed by atoms with E-state index in [9.17, 15) is 14.4 Å². The average molecular weight is 409 g/mol. The molecule has 1 N–H and O–H groups in total. The van der Waals surface area contributed by atoms with Gasteiger partial charge in [0.15, 0.2) is 0 Å². The summed E-state index contributed by atoms with van der Waals surface area (Å²) in [6.45, 7) is 5.21. The minimum absolute atomic E-state index is 0.319. The van der Waals surface area contributed by atoms with E-state index in [2.05, 4.69) is 48.1 Å². The van der Waals surface area contributed by atoms with Crippen molar-refractivity contribution in [3.63, 3.8) is 0 Å². The first-order valence-corrected chi connectivity index (χ1v) is 10.8. The molecule has 0 rings (SSSR count). The number of unbranched alkanes of at least 4 members (excludes halogenated alkanes) is 5. The van der Waals surface area contributed by atoms with Crippen LogP contribution in [0, 0.1) is 0 Å². The number of carbonyl (C=O) groups excluding carboxylic acids is 2. The number of allylic oxidation sites excluding steroid dienone is 6. The molecule has 5 heteroatoms. The van der Waals surface area contributed by atoms with Crippen LogP contribution < -0.4 is 0 Å². The molecule has 0 amide bonds. The molecule has 0 aliphatic rings. The molecule has 29 heavy (non-hydrogen) atoms. The molecule has 166 valence electrons. The van der Waals surface area contributed by atoms with Gasteiger partial charge in [-0.15, -0.1) is 0 Å². The summed E-state index contributed by atoms with van der Waals surface area (Å²) >= 11 is 0. The van der Waals surface area contributed by atoms with Crippen molar-refractivity contribution in [3.05, 3.63) is 36.5 Å². The molecular formula is C24H40O5. The minimum atomic E-state index is -0.675. The monoisotopic (exact) mass is 408 g/mol. The smallest absolute Gasteiger partial charge is 0.313 e. The number of esters is 2. The van der Waals surface area contributed by atoms with E-state index in [1.165, 1.54) is 19.8 Å². The Bertz CT molecular complexity index is 503.